The van der Waals surface area contributed by atoms with Crippen molar-refractivity contribution in [3.8, 4) is 0 Å². The van der Waals surface area contributed by atoms with Gasteiger partial charge in [0.1, 0.15) is 23.8 Å². The van der Waals surface area contributed by atoms with Crippen molar-refractivity contribution in [3.05, 3.63) is 41.5 Å². The third-order valence-electron chi connectivity index (χ3n) is 2.69. The molecule has 20 heavy (non-hydrogen) atoms. The van der Waals surface area contributed by atoms with Gasteiger partial charge in [0.2, 0.25) is 0 Å². The van der Waals surface area contributed by atoms with Crippen LogP contribution in [0.3, 0.4) is 0 Å². The molecule has 0 unspecified atom stereocenters. The van der Waals surface area contributed by atoms with Crippen LogP contribution in [0.5, 0.6) is 0 Å². The molecular weight excluding hydrogens is 269 g/mol. The van der Waals surface area contributed by atoms with Crippen molar-refractivity contribution in [1.82, 2.24) is 9.97 Å². The van der Waals surface area contributed by atoms with Crippen molar-refractivity contribution in [2.75, 3.05) is 17.2 Å². The van der Waals surface area contributed by atoms with Crippen LogP contribution in [0.2, 0.25) is 0 Å². The van der Waals surface area contributed by atoms with E-state index >= 15 is 0 Å². The second kappa shape index (κ2) is 5.77. The number of nitrogens with one attached hydrogen (secondary N) is 2. The molecule has 0 saturated heterocycles. The largest absolute Gasteiger partial charge is 0.370 e. The van der Waals surface area contributed by atoms with Gasteiger partial charge in [0.25, 0.3) is 0 Å². The highest BCUT2D eigenvalue weighted by Crippen LogP contribution is 2.25. The predicted molar refractivity (Wildman–Crippen MR) is 70.5 cm³/mol. The first-order chi connectivity index (χ1) is 9.52. The Morgan fingerprint density at radius 1 is 1.00 bits per heavy atom. The number of aromatic nitrogens is 2. The fourth-order valence-electron chi connectivity index (χ4n) is 1.67. The topological polar surface area (TPSA) is 49.8 Å². The summed E-state index contributed by atoms with van der Waals surface area (Å²) in [5.74, 6) is -2.35. The van der Waals surface area contributed by atoms with Crippen LogP contribution in [0.25, 0.3) is 0 Å². The van der Waals surface area contributed by atoms with Crippen molar-refractivity contribution in [3.63, 3.8) is 0 Å². The van der Waals surface area contributed by atoms with E-state index in [2.05, 4.69) is 20.6 Å². The van der Waals surface area contributed by atoms with Gasteiger partial charge in [0.15, 0.2) is 11.6 Å². The first-order valence-corrected chi connectivity index (χ1v) is 6.00. The van der Waals surface area contributed by atoms with E-state index in [0.29, 0.717) is 29.8 Å². The van der Waals surface area contributed by atoms with Gasteiger partial charge < -0.3 is 10.6 Å². The van der Waals surface area contributed by atoms with E-state index in [1.807, 2.05) is 6.92 Å². The van der Waals surface area contributed by atoms with E-state index < -0.39 is 17.5 Å². The molecule has 2 N–H and O–H groups in total. The summed E-state index contributed by atoms with van der Waals surface area (Å²) in [6.07, 6.45) is 1.30. The third-order valence-corrected chi connectivity index (χ3v) is 2.69. The van der Waals surface area contributed by atoms with Gasteiger partial charge in [-0.05, 0) is 13.8 Å². The molecule has 0 fully saturated rings. The highest BCUT2D eigenvalue weighted by molar-refractivity contribution is 5.64. The maximum atomic E-state index is 13.6. The Labute approximate surface area is 114 Å². The quantitative estimate of drug-likeness (QED) is 0.844. The first kappa shape index (κ1) is 14.1. The minimum absolute atomic E-state index is 0.187. The van der Waals surface area contributed by atoms with Crippen LogP contribution in [0, 0.1) is 24.4 Å². The smallest absolute Gasteiger partial charge is 0.161 e. The number of anilines is 3. The Morgan fingerprint density at radius 3 is 2.35 bits per heavy atom. The van der Waals surface area contributed by atoms with Crippen molar-refractivity contribution in [2.45, 2.75) is 13.8 Å². The van der Waals surface area contributed by atoms with Crippen LogP contribution in [-0.4, -0.2) is 16.5 Å². The van der Waals surface area contributed by atoms with Crippen molar-refractivity contribution >= 4 is 17.3 Å². The lowest BCUT2D eigenvalue weighted by Crippen LogP contribution is -2.06. The Kier molecular flexibility index (Phi) is 4.07. The fraction of sp³-hybridized carbons (Fsp3) is 0.231. The molecule has 0 aliphatic carbocycles. The molecule has 1 aromatic carbocycles. The summed E-state index contributed by atoms with van der Waals surface area (Å²) < 4.78 is 39.6. The van der Waals surface area contributed by atoms with Gasteiger partial charge in [-0.1, -0.05) is 0 Å². The molecule has 0 bridgehead atoms. The lowest BCUT2D eigenvalue weighted by molar-refractivity contribution is 0.496. The summed E-state index contributed by atoms with van der Waals surface area (Å²) in [5, 5.41) is 5.65. The monoisotopic (exact) mass is 282 g/mol. The van der Waals surface area contributed by atoms with Crippen LogP contribution in [0.4, 0.5) is 30.5 Å². The minimum Gasteiger partial charge on any atom is -0.370 e. The molecule has 0 saturated carbocycles. The van der Waals surface area contributed by atoms with Gasteiger partial charge in [0.05, 0.1) is 5.69 Å². The lowest BCUT2D eigenvalue weighted by Gasteiger charge is -2.12. The Morgan fingerprint density at radius 2 is 1.65 bits per heavy atom. The van der Waals surface area contributed by atoms with Crippen molar-refractivity contribution < 1.29 is 13.2 Å². The van der Waals surface area contributed by atoms with Gasteiger partial charge in [-0.3, -0.25) is 0 Å². The van der Waals surface area contributed by atoms with Gasteiger partial charge in [-0.15, -0.1) is 0 Å². The zero-order chi connectivity index (χ0) is 14.7. The molecule has 2 aromatic rings. The molecule has 1 heterocycles. The molecule has 0 atom stereocenters. The molecule has 2 rings (SSSR count). The third kappa shape index (κ3) is 2.81. The standard InChI is InChI=1S/C13H13F3N4/c1-3-17-12-7(2)13(19-6-18-12)20-11-5-9(15)8(14)4-10(11)16/h4-6H,3H2,1-2H3,(H2,17,18,19,20). The number of hydrogen-bond acceptors (Lipinski definition) is 4. The van der Waals surface area contributed by atoms with Gasteiger partial charge in [-0.2, -0.15) is 0 Å². The molecule has 0 aliphatic rings. The van der Waals surface area contributed by atoms with Crippen LogP contribution >= 0.6 is 0 Å². The van der Waals surface area contributed by atoms with Crippen LogP contribution in [0.1, 0.15) is 12.5 Å². The summed E-state index contributed by atoms with van der Waals surface area (Å²) in [4.78, 5) is 8.00. The predicted octanol–water partition coefficient (Wildman–Crippen LogP) is 3.38. The fourth-order valence-corrected chi connectivity index (χ4v) is 1.67. The summed E-state index contributed by atoms with van der Waals surface area (Å²) in [6, 6.07) is 1.23. The summed E-state index contributed by atoms with van der Waals surface area (Å²) in [7, 11) is 0. The molecular formula is C13H13F3N4. The zero-order valence-corrected chi connectivity index (χ0v) is 11.0. The number of benzene rings is 1. The van der Waals surface area contributed by atoms with Gasteiger partial charge in [-0.25, -0.2) is 23.1 Å². The molecule has 1 aromatic heterocycles. The average Bonchev–Trinajstić information content (AvgIpc) is 2.40. The SMILES string of the molecule is CCNc1ncnc(Nc2cc(F)c(F)cc2F)c1C. The van der Waals surface area contributed by atoms with Crippen LogP contribution in [0.15, 0.2) is 18.5 Å². The summed E-state index contributed by atoms with van der Waals surface area (Å²) in [6.45, 7) is 4.30. The molecule has 0 aliphatic heterocycles. The summed E-state index contributed by atoms with van der Waals surface area (Å²) in [5.41, 5.74) is 0.464. The maximum absolute atomic E-state index is 13.6. The molecule has 0 spiro atoms. The number of nitrogens with zero attached hydrogens (tertiary/aromatic N) is 2. The Balaban J connectivity index is 2.35. The molecule has 7 heteroatoms. The van der Waals surface area contributed by atoms with Crippen LogP contribution < -0.4 is 10.6 Å². The number of halogens is 3. The Hall–Kier alpha value is -2.31. The van der Waals surface area contributed by atoms with Gasteiger partial charge >= 0.3 is 0 Å². The normalized spacial score (nSPS) is 10.4. The molecule has 106 valence electrons. The lowest BCUT2D eigenvalue weighted by atomic mass is 10.2. The first-order valence-electron chi connectivity index (χ1n) is 6.00. The molecule has 0 radical (unpaired) electrons. The Bertz CT molecular complexity index is 631. The average molecular weight is 282 g/mol. The second-order valence-corrected chi connectivity index (χ2v) is 4.10. The van der Waals surface area contributed by atoms with Crippen LogP contribution in [-0.2, 0) is 0 Å². The van der Waals surface area contributed by atoms with E-state index in [0.717, 1.165) is 6.07 Å². The van der Waals surface area contributed by atoms with Gasteiger partial charge in [0, 0.05) is 24.2 Å². The number of hydrogen-bond donors (Lipinski definition) is 2. The zero-order valence-electron chi connectivity index (χ0n) is 11.0. The van der Waals surface area contributed by atoms with E-state index in [1.165, 1.54) is 6.33 Å². The molecule has 0 amide bonds. The summed E-state index contributed by atoms with van der Waals surface area (Å²) >= 11 is 0. The van der Waals surface area contributed by atoms with E-state index in [1.54, 1.807) is 6.92 Å². The maximum Gasteiger partial charge on any atom is 0.161 e. The van der Waals surface area contributed by atoms with E-state index in [9.17, 15) is 13.2 Å². The van der Waals surface area contributed by atoms with E-state index in [-0.39, 0.29) is 5.69 Å². The molecule has 4 nitrogen and oxygen atoms in total. The van der Waals surface area contributed by atoms with Crippen molar-refractivity contribution in [2.24, 2.45) is 0 Å². The number of rotatable bonds is 4. The second-order valence-electron chi connectivity index (χ2n) is 4.10. The highest BCUT2D eigenvalue weighted by Gasteiger charge is 2.12. The highest BCUT2D eigenvalue weighted by atomic mass is 19.2. The minimum atomic E-state index is -1.24. The van der Waals surface area contributed by atoms with E-state index in [4.69, 9.17) is 0 Å². The van der Waals surface area contributed by atoms with Crippen molar-refractivity contribution in [1.29, 1.82) is 0 Å².